The third-order valence-corrected chi connectivity index (χ3v) is 8.38. The van der Waals surface area contributed by atoms with Crippen molar-refractivity contribution in [3.05, 3.63) is 53.6 Å². The SMILES string of the molecule is CCN(CC)S(=O)(=O)c1cccc(C(=O)NC(C(=O)OCC(=O)Nc2cc(C(C)(C)C)ccc2OC)C(C)C)c1. The topological polar surface area (TPSA) is 131 Å². The van der Waals surface area contributed by atoms with E-state index in [1.54, 1.807) is 33.8 Å². The average Bonchev–Trinajstić information content (AvgIpc) is 2.90. The van der Waals surface area contributed by atoms with Crippen LogP contribution in [0.1, 0.15) is 64.4 Å². The first-order chi connectivity index (χ1) is 18.6. The fraction of sp³-hybridized carbons (Fsp3) is 0.483. The van der Waals surface area contributed by atoms with E-state index in [0.717, 1.165) is 5.56 Å². The van der Waals surface area contributed by atoms with Crippen LogP contribution in [0, 0.1) is 5.92 Å². The van der Waals surface area contributed by atoms with Gasteiger partial charge >= 0.3 is 5.97 Å². The molecule has 40 heavy (non-hydrogen) atoms. The normalized spacial score (nSPS) is 12.7. The lowest BCUT2D eigenvalue weighted by molar-refractivity contribution is -0.150. The number of rotatable bonds is 12. The van der Waals surface area contributed by atoms with Crippen LogP contribution in [0.2, 0.25) is 0 Å². The van der Waals surface area contributed by atoms with Gasteiger partial charge in [0, 0.05) is 18.7 Å². The van der Waals surface area contributed by atoms with Gasteiger partial charge in [-0.05, 0) is 47.2 Å². The number of carbonyl (C=O) groups is 3. The molecule has 1 atom stereocenters. The Morgan fingerprint density at radius 1 is 1.00 bits per heavy atom. The fourth-order valence-corrected chi connectivity index (χ4v) is 5.42. The van der Waals surface area contributed by atoms with Gasteiger partial charge in [-0.3, -0.25) is 9.59 Å². The van der Waals surface area contributed by atoms with Gasteiger partial charge in [-0.1, -0.05) is 60.6 Å². The lowest BCUT2D eigenvalue weighted by atomic mass is 9.87. The molecule has 0 saturated heterocycles. The molecule has 11 heteroatoms. The second-order valence-electron chi connectivity index (χ2n) is 10.6. The van der Waals surface area contributed by atoms with Crippen molar-refractivity contribution in [3.8, 4) is 5.75 Å². The zero-order valence-corrected chi connectivity index (χ0v) is 25.3. The van der Waals surface area contributed by atoms with Crippen LogP contribution in [0.25, 0.3) is 0 Å². The number of esters is 1. The lowest BCUT2D eigenvalue weighted by Crippen LogP contribution is -2.46. The first-order valence-electron chi connectivity index (χ1n) is 13.2. The minimum absolute atomic E-state index is 0.0184. The molecule has 220 valence electrons. The van der Waals surface area contributed by atoms with Crippen molar-refractivity contribution in [2.24, 2.45) is 5.92 Å². The van der Waals surface area contributed by atoms with Crippen LogP contribution >= 0.6 is 0 Å². The monoisotopic (exact) mass is 575 g/mol. The van der Waals surface area contributed by atoms with E-state index in [4.69, 9.17) is 9.47 Å². The van der Waals surface area contributed by atoms with Crippen LogP contribution in [-0.2, 0) is 29.8 Å². The number of nitrogens with zero attached hydrogens (tertiary/aromatic N) is 1. The number of benzene rings is 2. The summed E-state index contributed by atoms with van der Waals surface area (Å²) in [7, 11) is -2.28. The molecule has 2 N–H and O–H groups in total. The average molecular weight is 576 g/mol. The molecule has 0 spiro atoms. The number of amides is 2. The van der Waals surface area contributed by atoms with E-state index in [-0.39, 0.29) is 21.8 Å². The Morgan fingerprint density at radius 2 is 1.65 bits per heavy atom. The molecule has 0 heterocycles. The Morgan fingerprint density at radius 3 is 2.20 bits per heavy atom. The van der Waals surface area contributed by atoms with Crippen LogP contribution in [-0.4, -0.2) is 63.4 Å². The quantitative estimate of drug-likeness (QED) is 0.366. The highest BCUT2D eigenvalue weighted by molar-refractivity contribution is 7.89. The van der Waals surface area contributed by atoms with Crippen molar-refractivity contribution in [1.82, 2.24) is 9.62 Å². The summed E-state index contributed by atoms with van der Waals surface area (Å²) in [5.74, 6) is -1.90. The van der Waals surface area contributed by atoms with E-state index in [0.29, 0.717) is 24.5 Å². The van der Waals surface area contributed by atoms with Crippen LogP contribution in [0.4, 0.5) is 5.69 Å². The molecule has 0 aromatic heterocycles. The van der Waals surface area contributed by atoms with Crippen molar-refractivity contribution < 1.29 is 32.3 Å². The maximum absolute atomic E-state index is 13.0. The summed E-state index contributed by atoms with van der Waals surface area (Å²) in [6, 6.07) is 10.1. The highest BCUT2D eigenvalue weighted by atomic mass is 32.2. The Balaban J connectivity index is 2.11. The molecular weight excluding hydrogens is 534 g/mol. The minimum Gasteiger partial charge on any atom is -0.495 e. The van der Waals surface area contributed by atoms with Gasteiger partial charge in [0.25, 0.3) is 11.8 Å². The second-order valence-corrected chi connectivity index (χ2v) is 12.6. The van der Waals surface area contributed by atoms with Crippen molar-refractivity contribution >= 4 is 33.5 Å². The van der Waals surface area contributed by atoms with Gasteiger partial charge in [0.05, 0.1) is 17.7 Å². The van der Waals surface area contributed by atoms with E-state index < -0.39 is 40.5 Å². The molecule has 10 nitrogen and oxygen atoms in total. The number of sulfonamides is 1. The highest BCUT2D eigenvalue weighted by Crippen LogP contribution is 2.31. The summed E-state index contributed by atoms with van der Waals surface area (Å²) in [6.07, 6.45) is 0. The largest absolute Gasteiger partial charge is 0.495 e. The van der Waals surface area contributed by atoms with Crippen LogP contribution in [0.15, 0.2) is 47.4 Å². The minimum atomic E-state index is -3.77. The lowest BCUT2D eigenvalue weighted by Gasteiger charge is -2.22. The summed E-state index contributed by atoms with van der Waals surface area (Å²) >= 11 is 0. The number of hydrogen-bond acceptors (Lipinski definition) is 7. The van der Waals surface area contributed by atoms with Gasteiger partial charge < -0.3 is 20.1 Å². The molecule has 2 rings (SSSR count). The Kier molecular flexibility index (Phi) is 11.3. The molecule has 0 saturated carbocycles. The predicted molar refractivity (Wildman–Crippen MR) is 154 cm³/mol. The Labute approximate surface area is 237 Å². The summed E-state index contributed by atoms with van der Waals surface area (Å²) in [6.45, 7) is 13.0. The number of ether oxygens (including phenoxy) is 2. The zero-order chi connectivity index (χ0) is 30.3. The second kappa shape index (κ2) is 13.8. The third-order valence-electron chi connectivity index (χ3n) is 6.33. The zero-order valence-electron chi connectivity index (χ0n) is 24.5. The molecule has 0 aliphatic carbocycles. The molecule has 0 bridgehead atoms. The molecule has 1 unspecified atom stereocenters. The van der Waals surface area contributed by atoms with E-state index in [1.807, 2.05) is 32.9 Å². The van der Waals surface area contributed by atoms with E-state index in [2.05, 4.69) is 10.6 Å². The van der Waals surface area contributed by atoms with Gasteiger partial charge in [0.15, 0.2) is 6.61 Å². The van der Waals surface area contributed by atoms with Gasteiger partial charge in [-0.2, -0.15) is 4.31 Å². The molecule has 0 aliphatic heterocycles. The van der Waals surface area contributed by atoms with E-state index >= 15 is 0 Å². The fourth-order valence-electron chi connectivity index (χ4n) is 3.92. The maximum atomic E-state index is 13.0. The first-order valence-corrected chi connectivity index (χ1v) is 14.7. The number of anilines is 1. The van der Waals surface area contributed by atoms with Crippen molar-refractivity contribution in [2.75, 3.05) is 32.1 Å². The maximum Gasteiger partial charge on any atom is 0.329 e. The standard InChI is InChI=1S/C29H41N3O7S/c1-9-32(10-2)40(36,37)22-13-11-12-20(16-22)27(34)31-26(19(3)4)28(35)39-18-25(33)30-23-17-21(29(5,6)7)14-15-24(23)38-8/h11-17,19,26H,9-10,18H2,1-8H3,(H,30,33)(H,31,34). The van der Waals surface area contributed by atoms with Crippen molar-refractivity contribution in [3.63, 3.8) is 0 Å². The predicted octanol–water partition coefficient (Wildman–Crippen LogP) is 3.96. The molecule has 0 aliphatic rings. The molecular formula is C29H41N3O7S. The third kappa shape index (κ3) is 8.28. The number of methoxy groups -OCH3 is 1. The Bertz CT molecular complexity index is 1310. The number of carbonyl (C=O) groups excluding carboxylic acids is 3. The first kappa shape index (κ1) is 32.8. The van der Waals surface area contributed by atoms with E-state index in [9.17, 15) is 22.8 Å². The summed E-state index contributed by atoms with van der Waals surface area (Å²) in [4.78, 5) is 38.5. The van der Waals surface area contributed by atoms with Crippen LogP contribution in [0.5, 0.6) is 5.75 Å². The van der Waals surface area contributed by atoms with E-state index in [1.165, 1.54) is 35.7 Å². The number of hydrogen-bond donors (Lipinski definition) is 2. The smallest absolute Gasteiger partial charge is 0.329 e. The molecule has 2 amide bonds. The molecule has 2 aromatic carbocycles. The van der Waals surface area contributed by atoms with Crippen molar-refractivity contribution in [1.29, 1.82) is 0 Å². The van der Waals surface area contributed by atoms with Crippen LogP contribution < -0.4 is 15.4 Å². The highest BCUT2D eigenvalue weighted by Gasteiger charge is 2.28. The van der Waals surface area contributed by atoms with Gasteiger partial charge in [-0.25, -0.2) is 13.2 Å². The van der Waals surface area contributed by atoms with Gasteiger partial charge in [-0.15, -0.1) is 0 Å². The summed E-state index contributed by atoms with van der Waals surface area (Å²) < 4.78 is 37.6. The van der Waals surface area contributed by atoms with Crippen LogP contribution in [0.3, 0.4) is 0 Å². The number of nitrogens with one attached hydrogen (secondary N) is 2. The summed E-state index contributed by atoms with van der Waals surface area (Å²) in [5, 5.41) is 5.32. The van der Waals surface area contributed by atoms with Gasteiger partial charge in [0.2, 0.25) is 10.0 Å². The van der Waals surface area contributed by atoms with Crippen molar-refractivity contribution in [2.45, 2.75) is 64.8 Å². The Hall–Kier alpha value is -3.44. The molecule has 0 radical (unpaired) electrons. The van der Waals surface area contributed by atoms with Gasteiger partial charge in [0.1, 0.15) is 11.8 Å². The summed E-state index contributed by atoms with van der Waals surface area (Å²) in [5.41, 5.74) is 1.35. The molecule has 0 fully saturated rings. The molecule has 2 aromatic rings.